The maximum absolute atomic E-state index is 12.5. The van der Waals surface area contributed by atoms with Gasteiger partial charge in [-0.15, -0.1) is 0 Å². The summed E-state index contributed by atoms with van der Waals surface area (Å²) in [6, 6.07) is 4.91. The number of hydrogen-bond acceptors (Lipinski definition) is 3. The number of nitrogens with two attached hydrogens (primary N) is 1. The molecule has 0 aliphatic rings. The molecule has 5 heteroatoms. The van der Waals surface area contributed by atoms with E-state index in [0.29, 0.717) is 5.56 Å². The SMILES string of the molecule is CS(=O)(=O)C[C@@H](N)c1ccc(F)cc1. The zero-order valence-corrected chi connectivity index (χ0v) is 8.59. The maximum Gasteiger partial charge on any atom is 0.149 e. The van der Waals surface area contributed by atoms with Gasteiger partial charge >= 0.3 is 0 Å². The van der Waals surface area contributed by atoms with Crippen LogP contribution >= 0.6 is 0 Å². The van der Waals surface area contributed by atoms with Crippen molar-refractivity contribution in [1.82, 2.24) is 0 Å². The molecule has 0 saturated heterocycles. The molecule has 0 amide bonds. The van der Waals surface area contributed by atoms with Crippen LogP contribution in [0.3, 0.4) is 0 Å². The average Bonchev–Trinajstić information content (AvgIpc) is 2.02. The van der Waals surface area contributed by atoms with Crippen LogP contribution in [0.4, 0.5) is 4.39 Å². The van der Waals surface area contributed by atoms with Crippen LogP contribution in [0.2, 0.25) is 0 Å². The van der Waals surface area contributed by atoms with E-state index in [-0.39, 0.29) is 11.6 Å². The summed E-state index contributed by atoms with van der Waals surface area (Å²) in [4.78, 5) is 0. The van der Waals surface area contributed by atoms with Crippen LogP contribution in [0.15, 0.2) is 24.3 Å². The van der Waals surface area contributed by atoms with Gasteiger partial charge in [0.2, 0.25) is 0 Å². The van der Waals surface area contributed by atoms with Gasteiger partial charge in [0.15, 0.2) is 0 Å². The summed E-state index contributed by atoms with van der Waals surface area (Å²) < 4.78 is 34.4. The molecule has 0 spiro atoms. The fourth-order valence-electron chi connectivity index (χ4n) is 1.13. The maximum atomic E-state index is 12.5. The highest BCUT2D eigenvalue weighted by molar-refractivity contribution is 7.90. The van der Waals surface area contributed by atoms with Crippen LogP contribution in [0.5, 0.6) is 0 Å². The number of rotatable bonds is 3. The standard InChI is InChI=1S/C9H12FNO2S/c1-14(12,13)6-9(11)7-2-4-8(10)5-3-7/h2-5,9H,6,11H2,1H3/t9-/m1/s1. The lowest BCUT2D eigenvalue weighted by atomic mass is 10.1. The molecule has 2 N–H and O–H groups in total. The minimum absolute atomic E-state index is 0.126. The van der Waals surface area contributed by atoms with Crippen LogP contribution in [-0.2, 0) is 9.84 Å². The van der Waals surface area contributed by atoms with Gasteiger partial charge in [-0.25, -0.2) is 12.8 Å². The predicted molar refractivity (Wildman–Crippen MR) is 53.0 cm³/mol. The van der Waals surface area contributed by atoms with E-state index < -0.39 is 15.9 Å². The number of benzene rings is 1. The fourth-order valence-corrected chi connectivity index (χ4v) is 1.98. The fraction of sp³-hybridized carbons (Fsp3) is 0.333. The molecule has 78 valence electrons. The van der Waals surface area contributed by atoms with E-state index in [9.17, 15) is 12.8 Å². The molecule has 3 nitrogen and oxygen atoms in total. The second-order valence-electron chi connectivity index (χ2n) is 3.25. The first-order chi connectivity index (χ1) is 6.38. The lowest BCUT2D eigenvalue weighted by Crippen LogP contribution is -2.20. The van der Waals surface area contributed by atoms with Gasteiger partial charge in [-0.1, -0.05) is 12.1 Å². The third-order valence-electron chi connectivity index (χ3n) is 1.78. The summed E-state index contributed by atoms with van der Waals surface area (Å²) in [5.41, 5.74) is 6.25. The number of halogens is 1. The summed E-state index contributed by atoms with van der Waals surface area (Å²) >= 11 is 0. The minimum atomic E-state index is -3.10. The molecule has 0 radical (unpaired) electrons. The minimum Gasteiger partial charge on any atom is -0.323 e. The highest BCUT2D eigenvalue weighted by Crippen LogP contribution is 2.12. The van der Waals surface area contributed by atoms with E-state index in [0.717, 1.165) is 6.26 Å². The molecule has 0 fully saturated rings. The van der Waals surface area contributed by atoms with E-state index in [1.807, 2.05) is 0 Å². The van der Waals surface area contributed by atoms with Crippen molar-refractivity contribution in [3.8, 4) is 0 Å². The molecule has 0 aromatic heterocycles. The highest BCUT2D eigenvalue weighted by atomic mass is 32.2. The first kappa shape index (κ1) is 11.1. The molecular weight excluding hydrogens is 205 g/mol. The molecule has 1 rings (SSSR count). The monoisotopic (exact) mass is 217 g/mol. The van der Waals surface area contributed by atoms with Gasteiger partial charge in [0, 0.05) is 12.3 Å². The first-order valence-electron chi connectivity index (χ1n) is 4.07. The zero-order valence-electron chi connectivity index (χ0n) is 7.77. The Kier molecular flexibility index (Phi) is 3.23. The molecule has 0 aliphatic carbocycles. The molecule has 0 heterocycles. The van der Waals surface area contributed by atoms with E-state index >= 15 is 0 Å². The van der Waals surface area contributed by atoms with Crippen molar-refractivity contribution in [3.63, 3.8) is 0 Å². The van der Waals surface area contributed by atoms with Crippen LogP contribution in [-0.4, -0.2) is 20.4 Å². The van der Waals surface area contributed by atoms with Gasteiger partial charge in [-0.3, -0.25) is 0 Å². The number of sulfone groups is 1. The van der Waals surface area contributed by atoms with E-state index in [1.165, 1.54) is 24.3 Å². The third kappa shape index (κ3) is 3.43. The molecule has 0 saturated carbocycles. The molecular formula is C9H12FNO2S. The van der Waals surface area contributed by atoms with Gasteiger partial charge in [0.05, 0.1) is 5.75 Å². The normalized spacial score (nSPS) is 13.9. The zero-order chi connectivity index (χ0) is 10.8. The topological polar surface area (TPSA) is 60.2 Å². The number of hydrogen-bond donors (Lipinski definition) is 1. The Morgan fingerprint density at radius 2 is 1.86 bits per heavy atom. The largest absolute Gasteiger partial charge is 0.323 e. The Balaban J connectivity index is 2.80. The van der Waals surface area contributed by atoms with Crippen molar-refractivity contribution in [2.45, 2.75) is 6.04 Å². The van der Waals surface area contributed by atoms with Crippen LogP contribution in [0, 0.1) is 5.82 Å². The molecule has 1 aromatic rings. The third-order valence-corrected chi connectivity index (χ3v) is 2.75. The molecule has 1 aromatic carbocycles. The highest BCUT2D eigenvalue weighted by Gasteiger charge is 2.12. The second kappa shape index (κ2) is 4.06. The smallest absolute Gasteiger partial charge is 0.149 e. The van der Waals surface area contributed by atoms with Gasteiger partial charge in [0.25, 0.3) is 0 Å². The summed E-state index contributed by atoms with van der Waals surface area (Å²) in [7, 11) is -3.10. The Labute approximate surface area is 82.7 Å². The van der Waals surface area contributed by atoms with Crippen molar-refractivity contribution in [2.75, 3.05) is 12.0 Å². The molecule has 14 heavy (non-hydrogen) atoms. The summed E-state index contributed by atoms with van der Waals surface area (Å²) in [5.74, 6) is -0.487. The van der Waals surface area contributed by atoms with Crippen LogP contribution in [0.25, 0.3) is 0 Å². The van der Waals surface area contributed by atoms with Gasteiger partial charge < -0.3 is 5.73 Å². The Morgan fingerprint density at radius 3 is 2.29 bits per heavy atom. The van der Waals surface area contributed by atoms with Gasteiger partial charge in [0.1, 0.15) is 15.7 Å². The predicted octanol–water partition coefficient (Wildman–Crippen LogP) is 0.870. The van der Waals surface area contributed by atoms with Crippen molar-refractivity contribution < 1.29 is 12.8 Å². The molecule has 0 unspecified atom stereocenters. The second-order valence-corrected chi connectivity index (χ2v) is 5.44. The van der Waals surface area contributed by atoms with E-state index in [1.54, 1.807) is 0 Å². The molecule has 0 bridgehead atoms. The Morgan fingerprint density at radius 1 is 1.36 bits per heavy atom. The van der Waals surface area contributed by atoms with Crippen LogP contribution < -0.4 is 5.73 Å². The lowest BCUT2D eigenvalue weighted by molar-refractivity contribution is 0.594. The average molecular weight is 217 g/mol. The summed E-state index contributed by atoms with van der Waals surface area (Å²) in [6.45, 7) is 0. The van der Waals surface area contributed by atoms with E-state index in [4.69, 9.17) is 5.73 Å². The molecule has 1 atom stereocenters. The van der Waals surface area contributed by atoms with Crippen molar-refractivity contribution in [1.29, 1.82) is 0 Å². The van der Waals surface area contributed by atoms with E-state index in [2.05, 4.69) is 0 Å². The van der Waals surface area contributed by atoms with Gasteiger partial charge in [-0.2, -0.15) is 0 Å². The van der Waals surface area contributed by atoms with Gasteiger partial charge in [-0.05, 0) is 17.7 Å². The Hall–Kier alpha value is -0.940. The first-order valence-corrected chi connectivity index (χ1v) is 6.13. The lowest BCUT2D eigenvalue weighted by Gasteiger charge is -2.09. The van der Waals surface area contributed by atoms with Crippen molar-refractivity contribution in [3.05, 3.63) is 35.6 Å². The Bertz CT molecular complexity index is 399. The summed E-state index contributed by atoms with van der Waals surface area (Å²) in [5, 5.41) is 0. The molecule has 0 aliphatic heterocycles. The van der Waals surface area contributed by atoms with Crippen molar-refractivity contribution in [2.24, 2.45) is 5.73 Å². The van der Waals surface area contributed by atoms with Crippen molar-refractivity contribution >= 4 is 9.84 Å². The summed E-state index contributed by atoms with van der Waals surface area (Å²) in [6.07, 6.45) is 1.12. The quantitative estimate of drug-likeness (QED) is 0.817. The van der Waals surface area contributed by atoms with Crippen LogP contribution in [0.1, 0.15) is 11.6 Å².